The predicted octanol–water partition coefficient (Wildman–Crippen LogP) is 11.7. The zero-order valence-corrected chi connectivity index (χ0v) is 29.1. The van der Waals surface area contributed by atoms with Gasteiger partial charge in [-0.1, -0.05) is 120 Å². The molecule has 5 aromatic carbocycles. The van der Waals surface area contributed by atoms with E-state index >= 15 is 0 Å². The summed E-state index contributed by atoms with van der Waals surface area (Å²) in [5.74, 6) is 1.29. The van der Waals surface area contributed by atoms with E-state index in [4.69, 9.17) is 4.98 Å². The van der Waals surface area contributed by atoms with E-state index in [0.717, 1.165) is 61.4 Å². The molecule has 4 nitrogen and oxygen atoms in total. The SMILES string of the molecule is CC(C)c1cc(-c2ccccn2)cc(-c2cccc3c2nc(-c2cc(C(C)(C)C)cc(C(C)c4ccccc4)c2O)n3-c2ccccc2)c1. The summed E-state index contributed by atoms with van der Waals surface area (Å²) in [6.45, 7) is 13.3. The Labute approximate surface area is 289 Å². The molecule has 0 saturated heterocycles. The fourth-order valence-electron chi connectivity index (χ4n) is 6.68. The largest absolute Gasteiger partial charge is 0.507 e. The summed E-state index contributed by atoms with van der Waals surface area (Å²) in [5.41, 5.74) is 12.0. The molecule has 0 radical (unpaired) electrons. The average Bonchev–Trinajstić information content (AvgIpc) is 3.51. The van der Waals surface area contributed by atoms with E-state index in [1.165, 1.54) is 5.56 Å². The van der Waals surface area contributed by atoms with Crippen molar-refractivity contribution < 1.29 is 5.11 Å². The lowest BCUT2D eigenvalue weighted by Crippen LogP contribution is -2.13. The van der Waals surface area contributed by atoms with Crippen LogP contribution in [0, 0.1) is 0 Å². The summed E-state index contributed by atoms with van der Waals surface area (Å²) in [6, 6.07) is 44.2. The molecule has 2 aromatic heterocycles. The molecule has 244 valence electrons. The lowest BCUT2D eigenvalue weighted by Gasteiger charge is -2.25. The number of phenolic OH excluding ortho intramolecular Hbond substituents is 1. The first-order valence-electron chi connectivity index (χ1n) is 17.2. The van der Waals surface area contributed by atoms with E-state index in [2.05, 4.69) is 142 Å². The topological polar surface area (TPSA) is 50.9 Å². The summed E-state index contributed by atoms with van der Waals surface area (Å²) in [4.78, 5) is 10.1. The van der Waals surface area contributed by atoms with Crippen molar-refractivity contribution in [1.82, 2.24) is 14.5 Å². The molecule has 0 aliphatic rings. The van der Waals surface area contributed by atoms with Crippen LogP contribution in [0.3, 0.4) is 0 Å². The third-order valence-corrected chi connectivity index (χ3v) is 9.61. The van der Waals surface area contributed by atoms with Crippen LogP contribution in [-0.2, 0) is 5.41 Å². The molecule has 49 heavy (non-hydrogen) atoms. The van der Waals surface area contributed by atoms with E-state index in [1.54, 1.807) is 0 Å². The number of hydrogen-bond acceptors (Lipinski definition) is 3. The van der Waals surface area contributed by atoms with Gasteiger partial charge in [0, 0.05) is 34.5 Å². The Kier molecular flexibility index (Phi) is 8.42. The number of para-hydroxylation sites is 2. The molecule has 7 rings (SSSR count). The van der Waals surface area contributed by atoms with Gasteiger partial charge >= 0.3 is 0 Å². The van der Waals surface area contributed by atoms with Crippen molar-refractivity contribution in [3.05, 3.63) is 156 Å². The second kappa shape index (κ2) is 12.9. The Morgan fingerprint density at radius 3 is 2.02 bits per heavy atom. The predicted molar refractivity (Wildman–Crippen MR) is 204 cm³/mol. The van der Waals surface area contributed by atoms with Gasteiger partial charge in [-0.2, -0.15) is 0 Å². The minimum atomic E-state index is -0.151. The lowest BCUT2D eigenvalue weighted by molar-refractivity contribution is 0.466. The standard InChI is InChI=1S/C45H43N3O/c1-29(2)32-24-33(26-34(25-32)40-21-13-14-23-46-40)37-20-15-22-41-42(37)47-44(48(41)36-18-11-8-12-19-36)39-28-35(45(4,5)6)27-38(43(39)49)30(3)31-16-9-7-10-17-31/h7-30,49H,1-6H3. The van der Waals surface area contributed by atoms with Crippen LogP contribution in [-0.4, -0.2) is 19.6 Å². The van der Waals surface area contributed by atoms with Crippen LogP contribution in [0.1, 0.15) is 75.6 Å². The van der Waals surface area contributed by atoms with Crippen LogP contribution < -0.4 is 0 Å². The van der Waals surface area contributed by atoms with Crippen LogP contribution in [0.2, 0.25) is 0 Å². The number of imidazole rings is 1. The molecule has 2 heterocycles. The molecule has 1 N–H and O–H groups in total. The fourth-order valence-corrected chi connectivity index (χ4v) is 6.68. The van der Waals surface area contributed by atoms with E-state index in [0.29, 0.717) is 11.7 Å². The molecule has 4 heteroatoms. The third-order valence-electron chi connectivity index (χ3n) is 9.61. The van der Waals surface area contributed by atoms with Crippen molar-refractivity contribution in [2.75, 3.05) is 0 Å². The molecule has 0 spiro atoms. The smallest absolute Gasteiger partial charge is 0.149 e. The van der Waals surface area contributed by atoms with Crippen LogP contribution in [0.25, 0.3) is 50.5 Å². The number of phenols is 1. The Bertz CT molecular complexity index is 2250. The minimum Gasteiger partial charge on any atom is -0.507 e. The maximum Gasteiger partial charge on any atom is 0.149 e. The van der Waals surface area contributed by atoms with Gasteiger partial charge in [0.05, 0.1) is 22.3 Å². The van der Waals surface area contributed by atoms with Gasteiger partial charge in [-0.05, 0) is 82.1 Å². The number of benzene rings is 5. The molecule has 0 aliphatic heterocycles. The number of aromatic hydroxyl groups is 1. The summed E-state index contributed by atoms with van der Waals surface area (Å²) >= 11 is 0. The second-order valence-corrected chi connectivity index (χ2v) is 14.3. The van der Waals surface area contributed by atoms with Crippen LogP contribution in [0.15, 0.2) is 134 Å². The Hall–Kier alpha value is -5.48. The normalized spacial score (nSPS) is 12.5. The first-order chi connectivity index (χ1) is 23.6. The molecule has 0 saturated carbocycles. The van der Waals surface area contributed by atoms with Crippen molar-refractivity contribution in [2.24, 2.45) is 0 Å². The monoisotopic (exact) mass is 641 g/mol. The number of pyridine rings is 1. The van der Waals surface area contributed by atoms with Gasteiger partial charge in [0.25, 0.3) is 0 Å². The molecular weight excluding hydrogens is 599 g/mol. The van der Waals surface area contributed by atoms with E-state index < -0.39 is 0 Å². The quantitative estimate of drug-likeness (QED) is 0.188. The van der Waals surface area contributed by atoms with Gasteiger partial charge in [0.1, 0.15) is 11.6 Å². The van der Waals surface area contributed by atoms with Crippen molar-refractivity contribution in [1.29, 1.82) is 0 Å². The Balaban J connectivity index is 1.52. The van der Waals surface area contributed by atoms with Gasteiger partial charge in [-0.15, -0.1) is 0 Å². The molecule has 1 atom stereocenters. The first-order valence-corrected chi connectivity index (χ1v) is 17.2. The fraction of sp³-hybridized carbons (Fsp3) is 0.200. The number of nitrogens with zero attached hydrogens (tertiary/aromatic N) is 3. The zero-order chi connectivity index (χ0) is 34.3. The van der Waals surface area contributed by atoms with Crippen LogP contribution >= 0.6 is 0 Å². The summed E-state index contributed by atoms with van der Waals surface area (Å²) in [6.07, 6.45) is 1.84. The minimum absolute atomic E-state index is 0.0174. The number of aromatic nitrogens is 3. The van der Waals surface area contributed by atoms with Gasteiger partial charge in [-0.3, -0.25) is 9.55 Å². The zero-order valence-electron chi connectivity index (χ0n) is 29.1. The maximum absolute atomic E-state index is 12.2. The van der Waals surface area contributed by atoms with Crippen molar-refractivity contribution in [2.45, 2.75) is 58.8 Å². The Morgan fingerprint density at radius 2 is 1.35 bits per heavy atom. The van der Waals surface area contributed by atoms with E-state index in [1.807, 2.05) is 42.6 Å². The van der Waals surface area contributed by atoms with E-state index in [-0.39, 0.29) is 17.1 Å². The molecular formula is C45H43N3O. The van der Waals surface area contributed by atoms with Crippen molar-refractivity contribution >= 4 is 11.0 Å². The molecule has 1 unspecified atom stereocenters. The summed E-state index contributed by atoms with van der Waals surface area (Å²) < 4.78 is 2.20. The van der Waals surface area contributed by atoms with Crippen LogP contribution in [0.4, 0.5) is 0 Å². The highest BCUT2D eigenvalue weighted by atomic mass is 16.3. The highest BCUT2D eigenvalue weighted by Crippen LogP contribution is 2.44. The lowest BCUT2D eigenvalue weighted by atomic mass is 9.81. The van der Waals surface area contributed by atoms with Gasteiger partial charge in [0.15, 0.2) is 0 Å². The highest BCUT2D eigenvalue weighted by Gasteiger charge is 2.27. The first kappa shape index (κ1) is 32.1. The highest BCUT2D eigenvalue weighted by molar-refractivity contribution is 5.97. The molecule has 0 aliphatic carbocycles. The van der Waals surface area contributed by atoms with Crippen molar-refractivity contribution in [3.63, 3.8) is 0 Å². The van der Waals surface area contributed by atoms with Gasteiger partial charge in [0.2, 0.25) is 0 Å². The van der Waals surface area contributed by atoms with E-state index in [9.17, 15) is 5.11 Å². The Morgan fingerprint density at radius 1 is 0.653 bits per heavy atom. The maximum atomic E-state index is 12.2. The average molecular weight is 642 g/mol. The summed E-state index contributed by atoms with van der Waals surface area (Å²) in [7, 11) is 0. The van der Waals surface area contributed by atoms with Gasteiger partial charge < -0.3 is 5.11 Å². The molecule has 0 bridgehead atoms. The molecule has 0 fully saturated rings. The third kappa shape index (κ3) is 6.15. The van der Waals surface area contributed by atoms with Crippen molar-refractivity contribution in [3.8, 4) is 45.2 Å². The summed E-state index contributed by atoms with van der Waals surface area (Å²) in [5, 5.41) is 12.2. The number of fused-ring (bicyclic) bond motifs is 1. The molecule has 7 aromatic rings. The van der Waals surface area contributed by atoms with Crippen LogP contribution in [0.5, 0.6) is 5.75 Å². The van der Waals surface area contributed by atoms with Gasteiger partial charge in [-0.25, -0.2) is 4.98 Å². The molecule has 0 amide bonds. The second-order valence-electron chi connectivity index (χ2n) is 14.3. The number of hydrogen-bond donors (Lipinski definition) is 1. The number of rotatable bonds is 7.